The Hall–Kier alpha value is -0.0800. The quantitative estimate of drug-likeness (QED) is 0.421. The van der Waals surface area contributed by atoms with Crippen LogP contribution in [0.4, 0.5) is 0 Å². The molecule has 1 aliphatic carbocycles. The third-order valence-electron chi connectivity index (χ3n) is 1.10. The Kier molecular flexibility index (Phi) is 0.383. The van der Waals surface area contributed by atoms with E-state index in [0.717, 1.165) is 12.5 Å². The van der Waals surface area contributed by atoms with E-state index in [-0.39, 0.29) is 0 Å². The van der Waals surface area contributed by atoms with Crippen LogP contribution in [0.2, 0.25) is 0 Å². The van der Waals surface area contributed by atoms with E-state index in [0.29, 0.717) is 12.9 Å². The zero-order chi connectivity index (χ0) is 3.98. The van der Waals surface area contributed by atoms with Crippen molar-refractivity contribution in [1.29, 1.82) is 0 Å². The lowest BCUT2D eigenvalue weighted by molar-refractivity contribution is 0.0281. The lowest BCUT2D eigenvalue weighted by Gasteiger charge is -1.86. The van der Waals surface area contributed by atoms with Gasteiger partial charge in [0.2, 0.25) is 0 Å². The van der Waals surface area contributed by atoms with Crippen LogP contribution in [-0.4, -0.2) is 12.9 Å². The third-order valence-corrected chi connectivity index (χ3v) is 1.10. The van der Waals surface area contributed by atoms with Gasteiger partial charge in [-0.25, -0.2) is 0 Å². The predicted octanol–water partition coefficient (Wildman–Crippen LogP) is 0.295. The Labute approximate surface area is 36.0 Å². The molecule has 0 N–H and O–H groups in total. The summed E-state index contributed by atoms with van der Waals surface area (Å²) >= 11 is 0. The fraction of sp³-hybridized carbons (Fsp3) is 0.750. The van der Waals surface area contributed by atoms with Crippen LogP contribution in [0.25, 0.3) is 0 Å². The van der Waals surface area contributed by atoms with Crippen molar-refractivity contribution in [2.45, 2.75) is 12.5 Å². The molecule has 0 bridgehead atoms. The Morgan fingerprint density at radius 3 is 2.83 bits per heavy atom. The number of ether oxygens (including phenoxy) is 2. The fourth-order valence-corrected chi connectivity index (χ4v) is 0.619. The summed E-state index contributed by atoms with van der Waals surface area (Å²) in [6.07, 6.45) is 2.61. The Morgan fingerprint density at radius 2 is 2.67 bits per heavy atom. The molecular weight excluding hydrogens is 80.0 g/mol. The van der Waals surface area contributed by atoms with Gasteiger partial charge >= 0.3 is 0 Å². The van der Waals surface area contributed by atoms with Crippen LogP contribution < -0.4 is 0 Å². The smallest absolute Gasteiger partial charge is 0.148 e. The molecule has 0 aromatic rings. The Balaban J connectivity index is 2.09. The van der Waals surface area contributed by atoms with Gasteiger partial charge in [0.25, 0.3) is 0 Å². The van der Waals surface area contributed by atoms with Crippen molar-refractivity contribution in [3.05, 3.63) is 6.10 Å². The van der Waals surface area contributed by atoms with Crippen LogP contribution in [0.1, 0.15) is 6.42 Å². The molecule has 2 heteroatoms. The first-order valence-corrected chi connectivity index (χ1v) is 2.07. The number of hydrogen-bond donors (Lipinski definition) is 0. The molecule has 1 heterocycles. The summed E-state index contributed by atoms with van der Waals surface area (Å²) in [4.78, 5) is 0. The number of hydrogen-bond acceptors (Lipinski definition) is 2. The van der Waals surface area contributed by atoms with Gasteiger partial charge in [-0.15, -0.1) is 0 Å². The first kappa shape index (κ1) is 2.99. The maximum absolute atomic E-state index is 4.97. The molecule has 0 aromatic carbocycles. The van der Waals surface area contributed by atoms with Gasteiger partial charge in [0.05, 0.1) is 6.10 Å². The molecule has 1 atom stereocenters. The van der Waals surface area contributed by atoms with E-state index in [9.17, 15) is 0 Å². The minimum atomic E-state index is 0.407. The molecule has 6 heavy (non-hydrogen) atoms. The molecule has 2 fully saturated rings. The zero-order valence-electron chi connectivity index (χ0n) is 3.31. The van der Waals surface area contributed by atoms with E-state index >= 15 is 0 Å². The van der Waals surface area contributed by atoms with Crippen molar-refractivity contribution < 1.29 is 9.47 Å². The average molecular weight is 85.1 g/mol. The van der Waals surface area contributed by atoms with E-state index in [1.54, 1.807) is 0 Å². The van der Waals surface area contributed by atoms with Crippen LogP contribution in [0.5, 0.6) is 0 Å². The van der Waals surface area contributed by atoms with E-state index in [1.165, 1.54) is 0 Å². The highest BCUT2D eigenvalue weighted by Gasteiger charge is 2.45. The molecule has 1 saturated heterocycles. The van der Waals surface area contributed by atoms with Gasteiger partial charge in [0, 0.05) is 6.42 Å². The van der Waals surface area contributed by atoms with Crippen molar-refractivity contribution in [1.82, 2.24) is 0 Å². The topological polar surface area (TPSA) is 18.5 Å². The van der Waals surface area contributed by atoms with Gasteiger partial charge in [0.1, 0.15) is 12.9 Å². The average Bonchev–Trinajstić information content (AvgIpc) is 2.17. The number of rotatable bonds is 0. The molecular formula is C4H5O2. The van der Waals surface area contributed by atoms with Gasteiger partial charge in [-0.05, 0) is 0 Å². The molecule has 2 rings (SSSR count). The summed E-state index contributed by atoms with van der Waals surface area (Å²) in [7, 11) is 0. The largest absolute Gasteiger partial charge is 0.349 e. The van der Waals surface area contributed by atoms with Gasteiger partial charge in [-0.1, -0.05) is 0 Å². The second-order valence-corrected chi connectivity index (χ2v) is 1.59. The van der Waals surface area contributed by atoms with Crippen molar-refractivity contribution in [3.63, 3.8) is 0 Å². The van der Waals surface area contributed by atoms with Crippen LogP contribution in [0.15, 0.2) is 0 Å². The van der Waals surface area contributed by atoms with Crippen LogP contribution in [0, 0.1) is 6.10 Å². The lowest BCUT2D eigenvalue weighted by atomic mass is 10.8. The summed E-state index contributed by atoms with van der Waals surface area (Å²) in [6.45, 7) is 0.500. The monoisotopic (exact) mass is 85.0 g/mol. The van der Waals surface area contributed by atoms with Crippen molar-refractivity contribution in [2.24, 2.45) is 0 Å². The molecule has 1 aliphatic heterocycles. The molecule has 1 radical (unpaired) electrons. The Bertz CT molecular complexity index is 63.9. The third kappa shape index (κ3) is 0.235. The summed E-state index contributed by atoms with van der Waals surface area (Å²) < 4.78 is 9.89. The molecule has 2 nitrogen and oxygen atoms in total. The van der Waals surface area contributed by atoms with Crippen molar-refractivity contribution >= 4 is 0 Å². The highest BCUT2D eigenvalue weighted by atomic mass is 16.7. The summed E-state index contributed by atoms with van der Waals surface area (Å²) in [5.41, 5.74) is 0. The van der Waals surface area contributed by atoms with Crippen LogP contribution in [0.3, 0.4) is 0 Å². The maximum Gasteiger partial charge on any atom is 0.148 e. The molecule has 33 valence electrons. The first-order chi connectivity index (χ1) is 2.97. The van der Waals surface area contributed by atoms with E-state index in [1.807, 2.05) is 0 Å². The van der Waals surface area contributed by atoms with E-state index < -0.39 is 0 Å². The van der Waals surface area contributed by atoms with Gasteiger partial charge in [-0.2, -0.15) is 0 Å². The molecule has 2 aliphatic rings. The van der Waals surface area contributed by atoms with Gasteiger partial charge in [0.15, 0.2) is 0 Å². The minimum absolute atomic E-state index is 0.407. The molecule has 0 aromatic heterocycles. The van der Waals surface area contributed by atoms with E-state index in [4.69, 9.17) is 9.47 Å². The molecule has 0 amide bonds. The maximum atomic E-state index is 4.97. The first-order valence-electron chi connectivity index (χ1n) is 2.07. The van der Waals surface area contributed by atoms with Crippen LogP contribution >= 0.6 is 0 Å². The van der Waals surface area contributed by atoms with Gasteiger partial charge in [-0.3, -0.25) is 0 Å². The normalized spacial score (nSPS) is 43.0. The zero-order valence-corrected chi connectivity index (χ0v) is 3.31. The lowest BCUT2D eigenvalue weighted by Crippen LogP contribution is -1.86. The standard InChI is InChI=1S/C4H5O2/c1-3-4(1)6-2-5-3/h3H,1-2H2. The summed E-state index contributed by atoms with van der Waals surface area (Å²) in [5, 5.41) is 0. The summed E-state index contributed by atoms with van der Waals surface area (Å²) in [5.74, 6) is 0. The highest BCUT2D eigenvalue weighted by Crippen LogP contribution is 2.41. The highest BCUT2D eigenvalue weighted by molar-refractivity contribution is 5.10. The molecule has 1 unspecified atom stereocenters. The van der Waals surface area contributed by atoms with Crippen molar-refractivity contribution in [3.8, 4) is 0 Å². The van der Waals surface area contributed by atoms with Crippen molar-refractivity contribution in [2.75, 3.05) is 6.79 Å². The summed E-state index contributed by atoms with van der Waals surface area (Å²) in [6, 6.07) is 0. The van der Waals surface area contributed by atoms with Crippen LogP contribution in [-0.2, 0) is 9.47 Å². The second-order valence-electron chi connectivity index (χ2n) is 1.59. The minimum Gasteiger partial charge on any atom is -0.349 e. The van der Waals surface area contributed by atoms with E-state index in [2.05, 4.69) is 0 Å². The second kappa shape index (κ2) is 0.768. The molecule has 1 saturated carbocycles. The predicted molar refractivity (Wildman–Crippen MR) is 18.7 cm³/mol. The SMILES string of the molecule is C1O[C]2CC2O1. The Morgan fingerprint density at radius 1 is 1.67 bits per heavy atom. The molecule has 0 spiro atoms. The number of fused-ring (bicyclic) bond motifs is 1. The fourth-order valence-electron chi connectivity index (χ4n) is 0.619. The van der Waals surface area contributed by atoms with Gasteiger partial charge < -0.3 is 9.47 Å².